The van der Waals surface area contributed by atoms with Crippen molar-refractivity contribution in [1.29, 1.82) is 0 Å². The van der Waals surface area contributed by atoms with E-state index in [1.807, 2.05) is 13.8 Å². The summed E-state index contributed by atoms with van der Waals surface area (Å²) < 4.78 is 31.9. The van der Waals surface area contributed by atoms with Crippen LogP contribution in [0, 0.1) is 11.6 Å². The molecule has 134 valence electrons. The van der Waals surface area contributed by atoms with Gasteiger partial charge in [0, 0.05) is 30.3 Å². The number of carbonyl (C=O) groups is 1. The molecule has 0 saturated carbocycles. The van der Waals surface area contributed by atoms with Gasteiger partial charge in [-0.1, -0.05) is 6.07 Å². The summed E-state index contributed by atoms with van der Waals surface area (Å²) in [6.45, 7) is 4.89. The standard InChI is InChI=1S/C19H21F2NO3/c1-3-22(4-2)19(24)13-5-8-15(9-6-13)25-12-18(23)16-10-7-14(20)11-17(16)21/h5-11,18,23H,3-4,12H2,1-2H3. The van der Waals surface area contributed by atoms with Crippen molar-refractivity contribution in [1.82, 2.24) is 4.90 Å². The molecule has 1 amide bonds. The molecule has 0 aliphatic heterocycles. The second-order valence-corrected chi connectivity index (χ2v) is 5.49. The number of halogens is 2. The van der Waals surface area contributed by atoms with Crippen LogP contribution in [-0.2, 0) is 0 Å². The second-order valence-electron chi connectivity index (χ2n) is 5.49. The molecular formula is C19H21F2NO3. The van der Waals surface area contributed by atoms with E-state index in [-0.39, 0.29) is 18.1 Å². The minimum Gasteiger partial charge on any atom is -0.491 e. The van der Waals surface area contributed by atoms with Gasteiger partial charge in [-0.3, -0.25) is 4.79 Å². The van der Waals surface area contributed by atoms with E-state index in [2.05, 4.69) is 0 Å². The van der Waals surface area contributed by atoms with E-state index in [0.29, 0.717) is 30.5 Å². The fourth-order valence-corrected chi connectivity index (χ4v) is 2.42. The van der Waals surface area contributed by atoms with Crippen LogP contribution in [0.2, 0.25) is 0 Å². The molecule has 2 aromatic rings. The zero-order valence-corrected chi connectivity index (χ0v) is 14.2. The third-order valence-electron chi connectivity index (χ3n) is 3.88. The molecule has 25 heavy (non-hydrogen) atoms. The Hall–Kier alpha value is -2.47. The molecule has 2 aromatic carbocycles. The Bertz CT molecular complexity index is 715. The van der Waals surface area contributed by atoms with Crippen molar-refractivity contribution in [3.05, 3.63) is 65.2 Å². The van der Waals surface area contributed by atoms with Crippen molar-refractivity contribution in [2.24, 2.45) is 0 Å². The Morgan fingerprint density at radius 3 is 2.32 bits per heavy atom. The van der Waals surface area contributed by atoms with Gasteiger partial charge in [0.1, 0.15) is 30.1 Å². The van der Waals surface area contributed by atoms with Crippen LogP contribution in [0.5, 0.6) is 5.75 Å². The fourth-order valence-electron chi connectivity index (χ4n) is 2.42. The monoisotopic (exact) mass is 349 g/mol. The van der Waals surface area contributed by atoms with Gasteiger partial charge in [0.05, 0.1) is 0 Å². The highest BCUT2D eigenvalue weighted by Gasteiger charge is 2.15. The lowest BCUT2D eigenvalue weighted by Crippen LogP contribution is -2.30. The number of benzene rings is 2. The second kappa shape index (κ2) is 8.58. The minimum atomic E-state index is -1.22. The maximum absolute atomic E-state index is 13.6. The summed E-state index contributed by atoms with van der Waals surface area (Å²) in [5.74, 6) is -1.15. The third-order valence-corrected chi connectivity index (χ3v) is 3.88. The van der Waals surface area contributed by atoms with E-state index >= 15 is 0 Å². The van der Waals surface area contributed by atoms with Crippen molar-refractivity contribution >= 4 is 5.91 Å². The average Bonchev–Trinajstić information content (AvgIpc) is 2.61. The van der Waals surface area contributed by atoms with Crippen LogP contribution in [0.25, 0.3) is 0 Å². The molecule has 1 N–H and O–H groups in total. The van der Waals surface area contributed by atoms with Crippen LogP contribution in [0.4, 0.5) is 8.78 Å². The minimum absolute atomic E-state index is 0.0327. The molecule has 4 nitrogen and oxygen atoms in total. The predicted molar refractivity (Wildman–Crippen MR) is 90.5 cm³/mol. The normalized spacial score (nSPS) is 11.9. The quantitative estimate of drug-likeness (QED) is 0.831. The first-order valence-electron chi connectivity index (χ1n) is 8.11. The van der Waals surface area contributed by atoms with E-state index in [1.54, 1.807) is 29.2 Å². The van der Waals surface area contributed by atoms with E-state index in [9.17, 15) is 18.7 Å². The predicted octanol–water partition coefficient (Wildman–Crippen LogP) is 3.56. The van der Waals surface area contributed by atoms with Gasteiger partial charge >= 0.3 is 0 Å². The summed E-state index contributed by atoms with van der Waals surface area (Å²) >= 11 is 0. The molecule has 0 aliphatic rings. The van der Waals surface area contributed by atoms with Gasteiger partial charge in [-0.2, -0.15) is 0 Å². The highest BCUT2D eigenvalue weighted by Crippen LogP contribution is 2.20. The smallest absolute Gasteiger partial charge is 0.253 e. The summed E-state index contributed by atoms with van der Waals surface area (Å²) in [4.78, 5) is 13.9. The molecule has 0 heterocycles. The van der Waals surface area contributed by atoms with E-state index in [1.165, 1.54) is 6.07 Å². The van der Waals surface area contributed by atoms with Gasteiger partial charge in [0.2, 0.25) is 0 Å². The van der Waals surface area contributed by atoms with Crippen molar-refractivity contribution in [3.63, 3.8) is 0 Å². The molecular weight excluding hydrogens is 328 g/mol. The number of aliphatic hydroxyl groups excluding tert-OH is 1. The first kappa shape index (κ1) is 18.9. The number of nitrogens with zero attached hydrogens (tertiary/aromatic N) is 1. The van der Waals surface area contributed by atoms with Crippen LogP contribution in [0.1, 0.15) is 35.9 Å². The first-order valence-corrected chi connectivity index (χ1v) is 8.11. The zero-order valence-electron chi connectivity index (χ0n) is 14.2. The molecule has 0 fully saturated rings. The summed E-state index contributed by atoms with van der Waals surface area (Å²) in [7, 11) is 0. The van der Waals surface area contributed by atoms with E-state index in [4.69, 9.17) is 4.74 Å². The Labute approximate surface area is 145 Å². The lowest BCUT2D eigenvalue weighted by Gasteiger charge is -2.19. The number of carbonyl (C=O) groups excluding carboxylic acids is 1. The number of rotatable bonds is 7. The van der Waals surface area contributed by atoms with Gasteiger partial charge in [-0.15, -0.1) is 0 Å². The number of ether oxygens (including phenoxy) is 1. The molecule has 6 heteroatoms. The molecule has 0 spiro atoms. The van der Waals surface area contributed by atoms with Gasteiger partial charge in [0.15, 0.2) is 0 Å². The van der Waals surface area contributed by atoms with Crippen molar-refractivity contribution < 1.29 is 23.4 Å². The van der Waals surface area contributed by atoms with Gasteiger partial charge < -0.3 is 14.7 Å². The topological polar surface area (TPSA) is 49.8 Å². The van der Waals surface area contributed by atoms with E-state index in [0.717, 1.165) is 6.07 Å². The van der Waals surface area contributed by atoms with Crippen molar-refractivity contribution in [3.8, 4) is 5.75 Å². The summed E-state index contributed by atoms with van der Waals surface area (Å²) in [5.41, 5.74) is 0.510. The number of hydrogen-bond acceptors (Lipinski definition) is 3. The Morgan fingerprint density at radius 2 is 1.76 bits per heavy atom. The molecule has 1 unspecified atom stereocenters. The molecule has 0 radical (unpaired) electrons. The summed E-state index contributed by atoms with van der Waals surface area (Å²) in [5, 5.41) is 9.98. The molecule has 1 atom stereocenters. The molecule has 0 aliphatic carbocycles. The lowest BCUT2D eigenvalue weighted by molar-refractivity contribution is 0.0772. The number of aliphatic hydroxyl groups is 1. The summed E-state index contributed by atoms with van der Waals surface area (Å²) in [6, 6.07) is 9.49. The van der Waals surface area contributed by atoms with Crippen molar-refractivity contribution in [2.45, 2.75) is 20.0 Å². The van der Waals surface area contributed by atoms with Crippen LogP contribution in [0.15, 0.2) is 42.5 Å². The Balaban J connectivity index is 1.98. The number of hydrogen-bond donors (Lipinski definition) is 1. The zero-order chi connectivity index (χ0) is 18.4. The summed E-state index contributed by atoms with van der Waals surface area (Å²) in [6.07, 6.45) is -1.22. The van der Waals surface area contributed by atoms with Crippen LogP contribution < -0.4 is 4.74 Å². The molecule has 2 rings (SSSR count). The lowest BCUT2D eigenvalue weighted by atomic mass is 10.1. The average molecular weight is 349 g/mol. The molecule has 0 saturated heterocycles. The van der Waals surface area contributed by atoms with Crippen LogP contribution >= 0.6 is 0 Å². The Morgan fingerprint density at radius 1 is 1.12 bits per heavy atom. The maximum Gasteiger partial charge on any atom is 0.253 e. The Kier molecular flexibility index (Phi) is 6.47. The van der Waals surface area contributed by atoms with Gasteiger partial charge in [-0.25, -0.2) is 8.78 Å². The largest absolute Gasteiger partial charge is 0.491 e. The number of amides is 1. The maximum atomic E-state index is 13.6. The van der Waals surface area contributed by atoms with Gasteiger partial charge in [-0.05, 0) is 44.2 Å². The first-order chi connectivity index (χ1) is 12.0. The SMILES string of the molecule is CCN(CC)C(=O)c1ccc(OCC(O)c2ccc(F)cc2F)cc1. The fraction of sp³-hybridized carbons (Fsp3) is 0.316. The molecule has 0 aromatic heterocycles. The third kappa shape index (κ3) is 4.76. The van der Waals surface area contributed by atoms with Crippen LogP contribution in [0.3, 0.4) is 0 Å². The molecule has 0 bridgehead atoms. The van der Waals surface area contributed by atoms with Crippen molar-refractivity contribution in [2.75, 3.05) is 19.7 Å². The van der Waals surface area contributed by atoms with Gasteiger partial charge in [0.25, 0.3) is 5.91 Å². The highest BCUT2D eigenvalue weighted by molar-refractivity contribution is 5.94. The van der Waals surface area contributed by atoms with Crippen LogP contribution in [-0.4, -0.2) is 35.6 Å². The van der Waals surface area contributed by atoms with E-state index < -0.39 is 17.7 Å². The highest BCUT2D eigenvalue weighted by atomic mass is 19.1.